The Morgan fingerprint density at radius 2 is 1.61 bits per heavy atom. The molecule has 2 aliphatic rings. The summed E-state index contributed by atoms with van der Waals surface area (Å²) in [4.78, 5) is 42.5. The summed E-state index contributed by atoms with van der Waals surface area (Å²) in [5, 5.41) is 8.84. The van der Waals surface area contributed by atoms with Gasteiger partial charge in [0.25, 0.3) is 5.91 Å². The maximum Gasteiger partial charge on any atom is 0.417 e. The number of anilines is 2. The van der Waals surface area contributed by atoms with Gasteiger partial charge >= 0.3 is 12.2 Å². The quantitative estimate of drug-likeness (QED) is 0.239. The highest BCUT2D eigenvalue weighted by molar-refractivity contribution is 5.94. The zero-order chi connectivity index (χ0) is 34.6. The van der Waals surface area contributed by atoms with Crippen molar-refractivity contribution in [3.8, 4) is 17.6 Å². The molecule has 258 valence electrons. The van der Waals surface area contributed by atoms with Crippen molar-refractivity contribution in [3.63, 3.8) is 0 Å². The lowest BCUT2D eigenvalue weighted by Crippen LogP contribution is -2.49. The van der Waals surface area contributed by atoms with E-state index in [0.717, 1.165) is 50.3 Å². The van der Waals surface area contributed by atoms with Gasteiger partial charge in [0.15, 0.2) is 0 Å². The van der Waals surface area contributed by atoms with Gasteiger partial charge in [-0.25, -0.2) is 9.59 Å². The fourth-order valence-corrected chi connectivity index (χ4v) is 5.97. The minimum atomic E-state index is -0.609. The highest BCUT2D eigenvalue weighted by Gasteiger charge is 2.25. The average Bonchev–Trinajstić information content (AvgIpc) is 3.08. The molecule has 1 unspecified atom stereocenters. The molecule has 0 aromatic heterocycles. The molecule has 3 amide bonds. The lowest BCUT2D eigenvalue weighted by molar-refractivity contribution is 0.0499. The van der Waals surface area contributed by atoms with Gasteiger partial charge in [-0.3, -0.25) is 10.1 Å². The van der Waals surface area contributed by atoms with Crippen molar-refractivity contribution >= 4 is 29.5 Å². The fourth-order valence-electron chi connectivity index (χ4n) is 5.97. The second-order valence-corrected chi connectivity index (χ2v) is 13.5. The summed E-state index contributed by atoms with van der Waals surface area (Å²) < 4.78 is 10.9. The molecule has 0 spiro atoms. The van der Waals surface area contributed by atoms with Crippen molar-refractivity contribution in [1.82, 2.24) is 15.5 Å². The Bertz CT molecular complexity index is 1640. The molecule has 2 aliphatic heterocycles. The Balaban J connectivity index is 1.29. The van der Waals surface area contributed by atoms with Gasteiger partial charge in [-0.2, -0.15) is 0 Å². The number of nitrogens with one attached hydrogen (secondary N) is 3. The van der Waals surface area contributed by atoms with Crippen molar-refractivity contribution < 1.29 is 23.9 Å². The van der Waals surface area contributed by atoms with Crippen molar-refractivity contribution in [2.45, 2.75) is 64.5 Å². The Morgan fingerprint density at radius 3 is 2.35 bits per heavy atom. The average molecular weight is 666 g/mol. The first-order chi connectivity index (χ1) is 23.6. The molecule has 0 saturated carbocycles. The van der Waals surface area contributed by atoms with Crippen LogP contribution in [0.4, 0.5) is 21.0 Å². The number of likely N-dealkylation sites (tertiary alicyclic amines) is 1. The third-order valence-corrected chi connectivity index (χ3v) is 8.33. The summed E-state index contributed by atoms with van der Waals surface area (Å²) in [6.07, 6.45) is 4.40. The zero-order valence-electron chi connectivity index (χ0n) is 28.7. The number of amides is 3. The molecule has 5 rings (SSSR count). The van der Waals surface area contributed by atoms with Crippen molar-refractivity contribution in [1.29, 1.82) is 0 Å². The van der Waals surface area contributed by atoms with Gasteiger partial charge in [0.1, 0.15) is 11.4 Å². The van der Waals surface area contributed by atoms with Crippen molar-refractivity contribution in [2.75, 3.05) is 49.5 Å². The molecule has 3 aromatic rings. The molecule has 2 heterocycles. The number of hydrogen-bond acceptors (Lipinski definition) is 7. The molecule has 10 heteroatoms. The summed E-state index contributed by atoms with van der Waals surface area (Å²) in [6.45, 7) is 10.6. The number of para-hydroxylation sites is 1. The maximum atomic E-state index is 12.7. The first kappa shape index (κ1) is 35.3. The van der Waals surface area contributed by atoms with E-state index in [1.165, 1.54) is 19.3 Å². The zero-order valence-corrected chi connectivity index (χ0v) is 28.7. The predicted molar refractivity (Wildman–Crippen MR) is 192 cm³/mol. The molecule has 3 N–H and O–H groups in total. The second kappa shape index (κ2) is 16.9. The molecule has 2 saturated heterocycles. The SMILES string of the molecule is CC(C)(C)OC(=O)NC1CCCN(c2ccc(NC(=O)Oc3ccccc3)cc2C#Cc2ccc(C(=O)NCCN3CCCCC3)cc2)C1. The number of nitrogens with zero attached hydrogens (tertiary/aromatic N) is 2. The summed E-state index contributed by atoms with van der Waals surface area (Å²) in [6, 6.07) is 21.6. The minimum absolute atomic E-state index is 0.0957. The van der Waals surface area contributed by atoms with Crippen LogP contribution in [0, 0.1) is 11.8 Å². The molecule has 0 radical (unpaired) electrons. The first-order valence-corrected chi connectivity index (χ1v) is 17.2. The van der Waals surface area contributed by atoms with Crippen molar-refractivity contribution in [2.24, 2.45) is 0 Å². The van der Waals surface area contributed by atoms with E-state index in [1.54, 1.807) is 36.4 Å². The van der Waals surface area contributed by atoms with Crippen LogP contribution in [0.1, 0.15) is 74.4 Å². The van der Waals surface area contributed by atoms with Crippen LogP contribution >= 0.6 is 0 Å². The van der Waals surface area contributed by atoms with E-state index in [-0.39, 0.29) is 11.9 Å². The summed E-state index contributed by atoms with van der Waals surface area (Å²) >= 11 is 0. The number of rotatable bonds is 8. The van der Waals surface area contributed by atoms with Gasteiger partial charge in [-0.15, -0.1) is 0 Å². The third-order valence-electron chi connectivity index (χ3n) is 8.33. The molecule has 10 nitrogen and oxygen atoms in total. The summed E-state index contributed by atoms with van der Waals surface area (Å²) in [5.74, 6) is 6.87. The Kier molecular flexibility index (Phi) is 12.2. The highest BCUT2D eigenvalue weighted by Crippen LogP contribution is 2.27. The van der Waals surface area contributed by atoms with Crippen LogP contribution < -0.4 is 25.6 Å². The van der Waals surface area contributed by atoms with Gasteiger partial charge in [0.05, 0.1) is 11.3 Å². The van der Waals surface area contributed by atoms with Crippen LogP contribution in [0.2, 0.25) is 0 Å². The number of carbonyl (C=O) groups excluding carboxylic acids is 3. The first-order valence-electron chi connectivity index (χ1n) is 17.2. The molecular weight excluding hydrogens is 618 g/mol. The third kappa shape index (κ3) is 11.3. The monoisotopic (exact) mass is 665 g/mol. The van der Waals surface area contributed by atoms with Crippen LogP contribution in [-0.4, -0.2) is 73.9 Å². The molecule has 0 aliphatic carbocycles. The van der Waals surface area contributed by atoms with Crippen molar-refractivity contribution in [3.05, 3.63) is 89.5 Å². The fraction of sp³-hybridized carbons (Fsp3) is 0.410. The van der Waals surface area contributed by atoms with E-state index in [0.29, 0.717) is 35.7 Å². The Labute approximate surface area is 289 Å². The van der Waals surface area contributed by atoms with Crippen LogP contribution in [-0.2, 0) is 4.74 Å². The number of alkyl carbamates (subject to hydrolysis) is 1. The smallest absolute Gasteiger partial charge is 0.417 e. The molecule has 0 bridgehead atoms. The van der Waals surface area contributed by atoms with Crippen LogP contribution in [0.15, 0.2) is 72.8 Å². The lowest BCUT2D eigenvalue weighted by atomic mass is 10.0. The molecule has 3 aromatic carbocycles. The summed E-state index contributed by atoms with van der Waals surface area (Å²) in [5.41, 5.74) is 2.88. The standard InChI is InChI=1S/C39H47N5O5/c1-39(2,3)49-38(47)42-33-11-10-25-44(28-33)35-21-20-32(41-37(46)48-34-12-6-4-7-13-34)27-31(35)19-16-29-14-17-30(18-15-29)36(45)40-22-26-43-23-8-5-9-24-43/h4,6-7,12-15,17-18,20-21,27,33H,5,8-11,22-26,28H2,1-3H3,(H,40,45)(H,41,46)(H,42,47). The van der Waals surface area contributed by atoms with E-state index in [2.05, 4.69) is 37.6 Å². The van der Waals surface area contributed by atoms with Gasteiger partial charge in [0.2, 0.25) is 0 Å². The largest absolute Gasteiger partial charge is 0.444 e. The second-order valence-electron chi connectivity index (χ2n) is 13.5. The topological polar surface area (TPSA) is 112 Å². The maximum absolute atomic E-state index is 12.7. The number of piperidine rings is 2. The Hall–Kier alpha value is -5.01. The Morgan fingerprint density at radius 1 is 0.857 bits per heavy atom. The van der Waals surface area contributed by atoms with Crippen LogP contribution in [0.3, 0.4) is 0 Å². The van der Waals surface area contributed by atoms with E-state index in [9.17, 15) is 14.4 Å². The van der Waals surface area contributed by atoms with Crippen LogP contribution in [0.25, 0.3) is 0 Å². The van der Waals surface area contributed by atoms with Gasteiger partial charge in [-0.1, -0.05) is 36.5 Å². The van der Waals surface area contributed by atoms with E-state index in [4.69, 9.17) is 9.47 Å². The number of carbonyl (C=O) groups is 3. The van der Waals surface area contributed by atoms with Crippen LogP contribution in [0.5, 0.6) is 5.75 Å². The highest BCUT2D eigenvalue weighted by atomic mass is 16.6. The normalized spacial score (nSPS) is 16.5. The molecule has 49 heavy (non-hydrogen) atoms. The van der Waals surface area contributed by atoms with E-state index in [1.807, 2.05) is 57.2 Å². The van der Waals surface area contributed by atoms with Gasteiger partial charge < -0.3 is 29.9 Å². The number of hydrogen-bond donors (Lipinski definition) is 3. The lowest BCUT2D eigenvalue weighted by Gasteiger charge is -2.35. The number of ether oxygens (including phenoxy) is 2. The molecule has 1 atom stereocenters. The predicted octanol–water partition coefficient (Wildman–Crippen LogP) is 6.41. The van der Waals surface area contributed by atoms with E-state index < -0.39 is 17.8 Å². The molecule has 2 fully saturated rings. The molecular formula is C39H47N5O5. The van der Waals surface area contributed by atoms with E-state index >= 15 is 0 Å². The summed E-state index contributed by atoms with van der Waals surface area (Å²) in [7, 11) is 0. The van der Waals surface area contributed by atoms with Gasteiger partial charge in [0, 0.05) is 49.0 Å². The number of benzene rings is 3. The minimum Gasteiger partial charge on any atom is -0.444 e. The van der Waals surface area contributed by atoms with Gasteiger partial charge in [-0.05, 0) is 114 Å².